The monoisotopic (exact) mass is 324 g/mol. The number of halogens is 2. The summed E-state index contributed by atoms with van der Waals surface area (Å²) in [5.41, 5.74) is 1.80. The van der Waals surface area contributed by atoms with Gasteiger partial charge >= 0.3 is 0 Å². The maximum Gasteiger partial charge on any atom is 0.133 e. The molecule has 19 heavy (non-hydrogen) atoms. The summed E-state index contributed by atoms with van der Waals surface area (Å²) in [6, 6.07) is 10.2. The molecule has 2 nitrogen and oxygen atoms in total. The third-order valence-electron chi connectivity index (χ3n) is 2.75. The first-order valence-electron chi connectivity index (χ1n) is 5.81. The Kier molecular flexibility index (Phi) is 4.43. The maximum absolute atomic E-state index is 13.0. The summed E-state index contributed by atoms with van der Waals surface area (Å²) in [7, 11) is 1.62. The zero-order valence-electron chi connectivity index (χ0n) is 10.7. The highest BCUT2D eigenvalue weighted by atomic mass is 79.9. The van der Waals surface area contributed by atoms with Gasteiger partial charge in [-0.25, -0.2) is 4.39 Å². The van der Waals surface area contributed by atoms with E-state index in [4.69, 9.17) is 9.47 Å². The quantitative estimate of drug-likeness (QED) is 0.825. The van der Waals surface area contributed by atoms with Crippen LogP contribution in [-0.4, -0.2) is 7.11 Å². The molecule has 0 saturated carbocycles. The highest BCUT2D eigenvalue weighted by molar-refractivity contribution is 9.10. The molecule has 2 aromatic carbocycles. The van der Waals surface area contributed by atoms with Crippen molar-refractivity contribution in [3.8, 4) is 11.5 Å². The topological polar surface area (TPSA) is 18.5 Å². The van der Waals surface area contributed by atoms with Crippen molar-refractivity contribution >= 4 is 15.9 Å². The van der Waals surface area contributed by atoms with Crippen LogP contribution in [0, 0.1) is 12.7 Å². The van der Waals surface area contributed by atoms with E-state index in [1.54, 1.807) is 13.2 Å². The summed E-state index contributed by atoms with van der Waals surface area (Å²) < 4.78 is 24.7. The van der Waals surface area contributed by atoms with Crippen LogP contribution in [0.25, 0.3) is 0 Å². The lowest BCUT2D eigenvalue weighted by atomic mass is 10.2. The lowest BCUT2D eigenvalue weighted by molar-refractivity contribution is 0.303. The SMILES string of the molecule is COc1ccc(COc2ccc(F)cc2C)cc1Br. The summed E-state index contributed by atoms with van der Waals surface area (Å²) >= 11 is 3.43. The van der Waals surface area contributed by atoms with Crippen molar-refractivity contribution in [3.63, 3.8) is 0 Å². The number of benzene rings is 2. The van der Waals surface area contributed by atoms with E-state index in [2.05, 4.69) is 15.9 Å². The van der Waals surface area contributed by atoms with Crippen molar-refractivity contribution in [2.75, 3.05) is 7.11 Å². The molecular weight excluding hydrogens is 311 g/mol. The zero-order valence-corrected chi connectivity index (χ0v) is 12.3. The Morgan fingerprint density at radius 3 is 2.47 bits per heavy atom. The molecule has 2 aromatic rings. The molecule has 0 aliphatic heterocycles. The van der Waals surface area contributed by atoms with Crippen LogP contribution in [-0.2, 0) is 6.61 Å². The van der Waals surface area contributed by atoms with Gasteiger partial charge in [0, 0.05) is 0 Å². The van der Waals surface area contributed by atoms with Crippen LogP contribution in [0.5, 0.6) is 11.5 Å². The summed E-state index contributed by atoms with van der Waals surface area (Å²) in [6.07, 6.45) is 0. The standard InChI is InChI=1S/C15H14BrFO2/c1-10-7-12(17)4-6-14(10)19-9-11-3-5-15(18-2)13(16)8-11/h3-8H,9H2,1-2H3. The number of methoxy groups -OCH3 is 1. The summed E-state index contributed by atoms with van der Waals surface area (Å²) in [5.74, 6) is 1.21. The lowest BCUT2D eigenvalue weighted by Crippen LogP contribution is -1.98. The first-order chi connectivity index (χ1) is 9.10. The van der Waals surface area contributed by atoms with Gasteiger partial charge in [-0.15, -0.1) is 0 Å². The first-order valence-corrected chi connectivity index (χ1v) is 6.61. The Morgan fingerprint density at radius 1 is 1.11 bits per heavy atom. The average molecular weight is 325 g/mol. The van der Waals surface area contributed by atoms with Crippen molar-refractivity contribution in [3.05, 3.63) is 57.8 Å². The molecule has 0 heterocycles. The Hall–Kier alpha value is -1.55. The van der Waals surface area contributed by atoms with Gasteiger partial charge in [0.05, 0.1) is 11.6 Å². The number of hydrogen-bond acceptors (Lipinski definition) is 2. The molecule has 0 fully saturated rings. The highest BCUT2D eigenvalue weighted by Gasteiger charge is 2.04. The van der Waals surface area contributed by atoms with Gasteiger partial charge in [0.2, 0.25) is 0 Å². The number of rotatable bonds is 4. The molecule has 0 atom stereocenters. The van der Waals surface area contributed by atoms with Gasteiger partial charge in [-0.05, 0) is 64.3 Å². The molecule has 0 aromatic heterocycles. The second-order valence-electron chi connectivity index (χ2n) is 4.17. The van der Waals surface area contributed by atoms with E-state index in [1.165, 1.54) is 12.1 Å². The third kappa shape index (κ3) is 3.47. The summed E-state index contributed by atoms with van der Waals surface area (Å²) in [6.45, 7) is 2.25. The molecule has 4 heteroatoms. The van der Waals surface area contributed by atoms with E-state index < -0.39 is 0 Å². The zero-order chi connectivity index (χ0) is 13.8. The molecule has 0 amide bonds. The van der Waals surface area contributed by atoms with Crippen LogP contribution in [0.2, 0.25) is 0 Å². The van der Waals surface area contributed by atoms with E-state index in [9.17, 15) is 4.39 Å². The van der Waals surface area contributed by atoms with E-state index in [1.807, 2.05) is 25.1 Å². The number of aryl methyl sites for hydroxylation is 1. The van der Waals surface area contributed by atoms with Crippen molar-refractivity contribution in [2.45, 2.75) is 13.5 Å². The maximum atomic E-state index is 13.0. The second-order valence-corrected chi connectivity index (χ2v) is 5.02. The van der Waals surface area contributed by atoms with E-state index >= 15 is 0 Å². The van der Waals surface area contributed by atoms with Crippen LogP contribution >= 0.6 is 15.9 Å². The fraction of sp³-hybridized carbons (Fsp3) is 0.200. The van der Waals surface area contributed by atoms with Gasteiger partial charge in [0.25, 0.3) is 0 Å². The number of hydrogen-bond donors (Lipinski definition) is 0. The Bertz CT molecular complexity index is 584. The molecule has 0 saturated heterocycles. The smallest absolute Gasteiger partial charge is 0.133 e. The fourth-order valence-electron chi connectivity index (χ4n) is 1.74. The van der Waals surface area contributed by atoms with Gasteiger partial charge < -0.3 is 9.47 Å². The van der Waals surface area contributed by atoms with E-state index in [0.717, 1.165) is 21.3 Å². The summed E-state index contributed by atoms with van der Waals surface area (Å²) in [5, 5.41) is 0. The number of ether oxygens (including phenoxy) is 2. The molecule has 0 unspecified atom stereocenters. The van der Waals surface area contributed by atoms with Crippen LogP contribution in [0.4, 0.5) is 4.39 Å². The van der Waals surface area contributed by atoms with Gasteiger partial charge in [0.1, 0.15) is 23.9 Å². The van der Waals surface area contributed by atoms with Crippen LogP contribution in [0.3, 0.4) is 0 Å². The van der Waals surface area contributed by atoms with E-state index in [0.29, 0.717) is 12.4 Å². The molecule has 2 rings (SSSR count). The predicted molar refractivity (Wildman–Crippen MR) is 76.2 cm³/mol. The highest BCUT2D eigenvalue weighted by Crippen LogP contribution is 2.26. The molecule has 0 aliphatic carbocycles. The first kappa shape index (κ1) is 13.9. The molecule has 0 aliphatic rings. The van der Waals surface area contributed by atoms with Gasteiger partial charge in [-0.1, -0.05) is 6.07 Å². The van der Waals surface area contributed by atoms with Gasteiger partial charge in [-0.3, -0.25) is 0 Å². The average Bonchev–Trinajstić information content (AvgIpc) is 2.38. The van der Waals surface area contributed by atoms with E-state index in [-0.39, 0.29) is 5.82 Å². The molecule has 0 spiro atoms. The Labute approximate surface area is 120 Å². The molecule has 0 bridgehead atoms. The molecule has 100 valence electrons. The minimum absolute atomic E-state index is 0.253. The van der Waals surface area contributed by atoms with Gasteiger partial charge in [0.15, 0.2) is 0 Å². The molecule has 0 radical (unpaired) electrons. The molecule has 0 N–H and O–H groups in total. The van der Waals surface area contributed by atoms with Crippen molar-refractivity contribution < 1.29 is 13.9 Å². The summed E-state index contributed by atoms with van der Waals surface area (Å²) in [4.78, 5) is 0. The van der Waals surface area contributed by atoms with Gasteiger partial charge in [-0.2, -0.15) is 0 Å². The Morgan fingerprint density at radius 2 is 1.84 bits per heavy atom. The van der Waals surface area contributed by atoms with Crippen molar-refractivity contribution in [1.29, 1.82) is 0 Å². The molecular formula is C15H14BrFO2. The minimum atomic E-state index is -0.253. The normalized spacial score (nSPS) is 10.3. The van der Waals surface area contributed by atoms with Crippen LogP contribution < -0.4 is 9.47 Å². The van der Waals surface area contributed by atoms with Crippen LogP contribution in [0.1, 0.15) is 11.1 Å². The lowest BCUT2D eigenvalue weighted by Gasteiger charge is -2.10. The second kappa shape index (κ2) is 6.06. The largest absolute Gasteiger partial charge is 0.496 e. The minimum Gasteiger partial charge on any atom is -0.496 e. The third-order valence-corrected chi connectivity index (χ3v) is 3.37. The fourth-order valence-corrected chi connectivity index (χ4v) is 2.32. The Balaban J connectivity index is 2.08. The predicted octanol–water partition coefficient (Wildman–Crippen LogP) is 4.48. The van der Waals surface area contributed by atoms with Crippen molar-refractivity contribution in [2.24, 2.45) is 0 Å². The van der Waals surface area contributed by atoms with Crippen molar-refractivity contribution in [1.82, 2.24) is 0 Å². The van der Waals surface area contributed by atoms with Crippen LogP contribution in [0.15, 0.2) is 40.9 Å².